The summed E-state index contributed by atoms with van der Waals surface area (Å²) in [6.07, 6.45) is 30.3. The largest absolute Gasteiger partial charge is 0.358 e. The van der Waals surface area contributed by atoms with Crippen molar-refractivity contribution in [3.63, 3.8) is 0 Å². The third kappa shape index (κ3) is 24.6. The minimum atomic E-state index is -0.412. The van der Waals surface area contributed by atoms with Crippen LogP contribution in [0.25, 0.3) is 0 Å². The number of carbonyl (C=O) groups excluding carboxylic acids is 2. The first-order chi connectivity index (χ1) is 17.7. The minimum absolute atomic E-state index is 0.142. The number of unbranched alkanes of at least 4 members (excludes halogenated alkanes) is 20. The van der Waals surface area contributed by atoms with Gasteiger partial charge in [-0.25, -0.2) is 19.4 Å². The fraction of sp³-hybridized carbons (Fsp3) is 0.938. The molecular weight excluding hydrogens is 448 g/mol. The number of rotatable bonds is 27. The van der Waals surface area contributed by atoms with E-state index in [1.54, 1.807) is 0 Å². The molecule has 0 aliphatic carbocycles. The Morgan fingerprint density at radius 1 is 0.444 bits per heavy atom. The maximum atomic E-state index is 12.7. The Bertz CT molecular complexity index is 477. The molecule has 0 heterocycles. The van der Waals surface area contributed by atoms with Gasteiger partial charge in [-0.1, -0.05) is 162 Å². The van der Waals surface area contributed by atoms with Gasteiger partial charge in [0.05, 0.1) is 12.3 Å². The van der Waals surface area contributed by atoms with Crippen LogP contribution in [0.5, 0.6) is 0 Å². The highest BCUT2D eigenvalue weighted by molar-refractivity contribution is 5.74. The van der Waals surface area contributed by atoms with Gasteiger partial charge in [0.1, 0.15) is 0 Å². The van der Waals surface area contributed by atoms with E-state index in [4.69, 9.17) is 9.78 Å². The van der Waals surface area contributed by atoms with Crippen molar-refractivity contribution in [1.82, 2.24) is 0 Å². The van der Waals surface area contributed by atoms with Crippen LogP contribution >= 0.6 is 0 Å². The van der Waals surface area contributed by atoms with E-state index in [0.717, 1.165) is 44.9 Å². The highest BCUT2D eigenvalue weighted by Crippen LogP contribution is 2.21. The van der Waals surface area contributed by atoms with Crippen LogP contribution in [0.2, 0.25) is 0 Å². The molecule has 0 N–H and O–H groups in total. The Kier molecular flexibility index (Phi) is 27.7. The van der Waals surface area contributed by atoms with Gasteiger partial charge < -0.3 is 0 Å². The molecule has 0 amide bonds. The van der Waals surface area contributed by atoms with E-state index in [2.05, 4.69) is 20.8 Å². The van der Waals surface area contributed by atoms with Gasteiger partial charge in [0.25, 0.3) is 0 Å². The smallest absolute Gasteiger partial charge is 0.247 e. The van der Waals surface area contributed by atoms with Crippen LogP contribution in [0.1, 0.15) is 188 Å². The lowest BCUT2D eigenvalue weighted by Gasteiger charge is -2.15. The molecule has 0 spiro atoms. The molecule has 0 fully saturated rings. The summed E-state index contributed by atoms with van der Waals surface area (Å²) in [6, 6.07) is 0. The third-order valence-electron chi connectivity index (χ3n) is 7.35. The first kappa shape index (κ1) is 34.9. The second-order valence-corrected chi connectivity index (χ2v) is 11.0. The molecule has 0 radical (unpaired) electrons. The van der Waals surface area contributed by atoms with Crippen LogP contribution < -0.4 is 0 Å². The van der Waals surface area contributed by atoms with Crippen LogP contribution in [0.3, 0.4) is 0 Å². The molecule has 0 aromatic rings. The zero-order valence-electron chi connectivity index (χ0n) is 24.6. The van der Waals surface area contributed by atoms with E-state index in [9.17, 15) is 9.59 Å². The first-order valence-corrected chi connectivity index (χ1v) is 16.1. The van der Waals surface area contributed by atoms with Crippen molar-refractivity contribution in [3.05, 3.63) is 0 Å². The van der Waals surface area contributed by atoms with Crippen molar-refractivity contribution < 1.29 is 19.4 Å². The van der Waals surface area contributed by atoms with E-state index < -0.39 is 5.97 Å². The Labute approximate surface area is 225 Å². The maximum Gasteiger partial charge on any atom is 0.358 e. The van der Waals surface area contributed by atoms with Crippen LogP contribution in [-0.4, -0.2) is 11.9 Å². The number of hydrogen-bond donors (Lipinski definition) is 0. The lowest BCUT2D eigenvalue weighted by molar-refractivity contribution is -0.262. The first-order valence-electron chi connectivity index (χ1n) is 16.1. The molecule has 1 atom stereocenters. The van der Waals surface area contributed by atoms with E-state index in [1.165, 1.54) is 116 Å². The second kappa shape index (κ2) is 28.5. The summed E-state index contributed by atoms with van der Waals surface area (Å²) < 4.78 is 0. The number of carbonyl (C=O) groups is 2. The van der Waals surface area contributed by atoms with E-state index >= 15 is 0 Å². The van der Waals surface area contributed by atoms with Crippen molar-refractivity contribution >= 4 is 11.9 Å². The highest BCUT2D eigenvalue weighted by atomic mass is 17.2. The SMILES string of the molecule is CCCCCCCCCCCCC(CCCCCCCCCC)C(=O)OOC(=O)CCCCCCC. The summed E-state index contributed by atoms with van der Waals surface area (Å²) in [6.45, 7) is 6.68. The zero-order chi connectivity index (χ0) is 26.5. The standard InChI is InChI=1S/C32H62O4/c1-4-7-10-13-15-17-18-20-23-25-28-30(27-24-22-19-16-14-11-8-5-2)32(34)36-35-31(33)29-26-21-12-9-6-3/h30H,4-29H2,1-3H3. The molecule has 214 valence electrons. The zero-order valence-corrected chi connectivity index (χ0v) is 24.6. The van der Waals surface area contributed by atoms with Crippen molar-refractivity contribution in [2.24, 2.45) is 5.92 Å². The normalized spacial score (nSPS) is 12.0. The summed E-state index contributed by atoms with van der Waals surface area (Å²) in [5.74, 6) is -0.894. The van der Waals surface area contributed by atoms with Crippen molar-refractivity contribution in [3.8, 4) is 0 Å². The fourth-order valence-electron chi connectivity index (χ4n) is 4.85. The molecular formula is C32H62O4. The average molecular weight is 511 g/mol. The average Bonchev–Trinajstić information content (AvgIpc) is 2.88. The number of hydrogen-bond acceptors (Lipinski definition) is 4. The molecule has 0 aliphatic rings. The fourth-order valence-corrected chi connectivity index (χ4v) is 4.85. The Morgan fingerprint density at radius 2 is 0.778 bits per heavy atom. The van der Waals surface area contributed by atoms with Crippen molar-refractivity contribution in [2.45, 2.75) is 188 Å². The monoisotopic (exact) mass is 510 g/mol. The van der Waals surface area contributed by atoms with Crippen LogP contribution in [-0.2, 0) is 19.4 Å². The molecule has 1 unspecified atom stereocenters. The summed E-state index contributed by atoms with van der Waals surface area (Å²) in [4.78, 5) is 34.6. The Balaban J connectivity index is 4.19. The van der Waals surface area contributed by atoms with Gasteiger partial charge in [0.15, 0.2) is 0 Å². The second-order valence-electron chi connectivity index (χ2n) is 11.0. The van der Waals surface area contributed by atoms with E-state index in [-0.39, 0.29) is 11.9 Å². The predicted octanol–water partition coefficient (Wildman–Crippen LogP) is 10.8. The molecule has 0 saturated heterocycles. The van der Waals surface area contributed by atoms with Gasteiger partial charge >= 0.3 is 11.9 Å². The summed E-state index contributed by atoms with van der Waals surface area (Å²) in [5, 5.41) is 0. The van der Waals surface area contributed by atoms with Crippen molar-refractivity contribution in [1.29, 1.82) is 0 Å². The van der Waals surface area contributed by atoms with Gasteiger partial charge in [-0.05, 0) is 19.3 Å². The van der Waals surface area contributed by atoms with Gasteiger partial charge in [0, 0.05) is 0 Å². The van der Waals surface area contributed by atoms with Gasteiger partial charge in [0.2, 0.25) is 0 Å². The van der Waals surface area contributed by atoms with Crippen LogP contribution in [0.15, 0.2) is 0 Å². The molecule has 0 aromatic heterocycles. The molecule has 0 aromatic carbocycles. The Morgan fingerprint density at radius 3 is 1.17 bits per heavy atom. The minimum Gasteiger partial charge on any atom is -0.247 e. The highest BCUT2D eigenvalue weighted by Gasteiger charge is 2.22. The van der Waals surface area contributed by atoms with E-state index in [1.807, 2.05) is 0 Å². The third-order valence-corrected chi connectivity index (χ3v) is 7.35. The Hall–Kier alpha value is -1.06. The summed E-state index contributed by atoms with van der Waals surface area (Å²) in [5.41, 5.74) is 0. The van der Waals surface area contributed by atoms with Crippen molar-refractivity contribution in [2.75, 3.05) is 0 Å². The van der Waals surface area contributed by atoms with Crippen LogP contribution in [0, 0.1) is 5.92 Å². The maximum absolute atomic E-state index is 12.7. The molecule has 4 nitrogen and oxygen atoms in total. The van der Waals surface area contributed by atoms with E-state index in [0.29, 0.717) is 6.42 Å². The van der Waals surface area contributed by atoms with Gasteiger partial charge in [-0.3, -0.25) is 0 Å². The molecule has 0 rings (SSSR count). The van der Waals surface area contributed by atoms with Gasteiger partial charge in [-0.2, -0.15) is 0 Å². The lowest BCUT2D eigenvalue weighted by Crippen LogP contribution is -2.20. The molecule has 4 heteroatoms. The van der Waals surface area contributed by atoms with Crippen LogP contribution in [0.4, 0.5) is 0 Å². The summed E-state index contributed by atoms with van der Waals surface area (Å²) >= 11 is 0. The molecule has 36 heavy (non-hydrogen) atoms. The molecule has 0 saturated carbocycles. The van der Waals surface area contributed by atoms with Gasteiger partial charge in [-0.15, -0.1) is 0 Å². The quantitative estimate of drug-likeness (QED) is 0.0626. The molecule has 0 aliphatic heterocycles. The lowest BCUT2D eigenvalue weighted by atomic mass is 9.94. The predicted molar refractivity (Wildman–Crippen MR) is 153 cm³/mol. The summed E-state index contributed by atoms with van der Waals surface area (Å²) in [7, 11) is 0. The topological polar surface area (TPSA) is 52.6 Å². The molecule has 0 bridgehead atoms.